The number of primary amides is 1. The van der Waals surface area contributed by atoms with Crippen LogP contribution in [0.2, 0.25) is 0 Å². The molecular weight excluding hydrogens is 407 g/mol. The van der Waals surface area contributed by atoms with E-state index < -0.39 is 5.91 Å². The molecule has 0 saturated carbocycles. The summed E-state index contributed by atoms with van der Waals surface area (Å²) in [4.78, 5) is 23.3. The molecule has 0 atom stereocenters. The molecule has 8 nitrogen and oxygen atoms in total. The molecule has 3 N–H and O–H groups in total. The Morgan fingerprint density at radius 3 is 2.43 bits per heavy atom. The van der Waals surface area contributed by atoms with Crippen molar-refractivity contribution >= 4 is 34.9 Å². The minimum absolute atomic E-state index is 0.0841. The number of anilines is 1. The van der Waals surface area contributed by atoms with E-state index in [1.165, 1.54) is 40.5 Å². The van der Waals surface area contributed by atoms with Gasteiger partial charge in [0.05, 0.1) is 11.4 Å². The van der Waals surface area contributed by atoms with E-state index >= 15 is 0 Å². The van der Waals surface area contributed by atoms with E-state index in [-0.39, 0.29) is 17.5 Å². The number of thioether (sulfide) groups is 1. The summed E-state index contributed by atoms with van der Waals surface area (Å²) in [6.07, 6.45) is 0. The standard InChI is InChI=1S/C20H15FN6O2S/c21-14-5-1-12(2-6-14)16-9-10-17-24-25-20(27(17)26-16)30-11-18(28)23-15-7-3-13(4-8-15)19(22)29/h1-10H,11H2,(H2,22,29)(H,23,28). The van der Waals surface area contributed by atoms with Gasteiger partial charge in [0.2, 0.25) is 17.0 Å². The summed E-state index contributed by atoms with van der Waals surface area (Å²) in [5.41, 5.74) is 8.02. The van der Waals surface area contributed by atoms with E-state index in [4.69, 9.17) is 5.73 Å². The van der Waals surface area contributed by atoms with Gasteiger partial charge in [-0.15, -0.1) is 10.2 Å². The molecule has 0 radical (unpaired) electrons. The summed E-state index contributed by atoms with van der Waals surface area (Å²) in [6, 6.07) is 15.8. The summed E-state index contributed by atoms with van der Waals surface area (Å²) in [5.74, 6) is -1.02. The Kier molecular flexibility index (Phi) is 5.40. The van der Waals surface area contributed by atoms with Crippen LogP contribution in [-0.4, -0.2) is 37.4 Å². The highest BCUT2D eigenvalue weighted by atomic mass is 32.2. The number of fused-ring (bicyclic) bond motifs is 1. The fourth-order valence-corrected chi connectivity index (χ4v) is 3.37. The predicted molar refractivity (Wildman–Crippen MR) is 110 cm³/mol. The van der Waals surface area contributed by atoms with Crippen molar-refractivity contribution in [3.05, 3.63) is 72.0 Å². The Hall–Kier alpha value is -3.79. The van der Waals surface area contributed by atoms with Gasteiger partial charge in [0.15, 0.2) is 5.65 Å². The zero-order valence-electron chi connectivity index (χ0n) is 15.4. The van der Waals surface area contributed by atoms with Gasteiger partial charge in [-0.25, -0.2) is 4.39 Å². The molecule has 4 aromatic rings. The van der Waals surface area contributed by atoms with Crippen molar-refractivity contribution in [1.29, 1.82) is 0 Å². The zero-order valence-corrected chi connectivity index (χ0v) is 16.3. The second kappa shape index (κ2) is 8.29. The van der Waals surface area contributed by atoms with Crippen LogP contribution < -0.4 is 11.1 Å². The van der Waals surface area contributed by atoms with Crippen molar-refractivity contribution in [3.8, 4) is 11.3 Å². The van der Waals surface area contributed by atoms with E-state index in [1.807, 2.05) is 0 Å². The molecule has 150 valence electrons. The highest BCUT2D eigenvalue weighted by Gasteiger charge is 2.12. The third kappa shape index (κ3) is 4.28. The molecule has 10 heteroatoms. The van der Waals surface area contributed by atoms with Gasteiger partial charge in [-0.3, -0.25) is 9.59 Å². The first-order chi connectivity index (χ1) is 14.5. The van der Waals surface area contributed by atoms with Gasteiger partial charge < -0.3 is 11.1 Å². The third-order valence-electron chi connectivity index (χ3n) is 4.16. The lowest BCUT2D eigenvalue weighted by Gasteiger charge is -2.05. The summed E-state index contributed by atoms with van der Waals surface area (Å²) >= 11 is 1.18. The lowest BCUT2D eigenvalue weighted by molar-refractivity contribution is -0.113. The van der Waals surface area contributed by atoms with Crippen LogP contribution in [0, 0.1) is 5.82 Å². The van der Waals surface area contributed by atoms with Crippen LogP contribution in [0.3, 0.4) is 0 Å². The number of nitrogens with zero attached hydrogens (tertiary/aromatic N) is 4. The number of hydrogen-bond donors (Lipinski definition) is 2. The quantitative estimate of drug-likeness (QED) is 0.462. The first-order valence-electron chi connectivity index (χ1n) is 8.80. The van der Waals surface area contributed by atoms with E-state index in [0.717, 1.165) is 5.56 Å². The molecule has 0 unspecified atom stereocenters. The number of carbonyl (C=O) groups excluding carboxylic acids is 2. The van der Waals surface area contributed by atoms with Gasteiger partial charge in [0, 0.05) is 16.8 Å². The SMILES string of the molecule is NC(=O)c1ccc(NC(=O)CSc2nnc3ccc(-c4ccc(F)cc4)nn23)cc1. The van der Waals surface area contributed by atoms with Crippen molar-refractivity contribution < 1.29 is 14.0 Å². The molecule has 0 fully saturated rings. The number of nitrogens with one attached hydrogen (secondary N) is 1. The number of rotatable bonds is 6. The van der Waals surface area contributed by atoms with Crippen LogP contribution in [0.25, 0.3) is 16.9 Å². The number of benzene rings is 2. The van der Waals surface area contributed by atoms with E-state index in [0.29, 0.717) is 27.7 Å². The number of hydrogen-bond acceptors (Lipinski definition) is 6. The van der Waals surface area contributed by atoms with Crippen molar-refractivity contribution in [1.82, 2.24) is 19.8 Å². The average Bonchev–Trinajstić information content (AvgIpc) is 3.15. The fraction of sp³-hybridized carbons (Fsp3) is 0.0500. The highest BCUT2D eigenvalue weighted by Crippen LogP contribution is 2.21. The summed E-state index contributed by atoms with van der Waals surface area (Å²) in [7, 11) is 0. The molecule has 0 aliphatic carbocycles. The molecule has 0 bridgehead atoms. The average molecular weight is 422 g/mol. The Morgan fingerprint density at radius 2 is 1.73 bits per heavy atom. The number of amides is 2. The van der Waals surface area contributed by atoms with E-state index in [2.05, 4.69) is 20.6 Å². The van der Waals surface area contributed by atoms with Crippen molar-refractivity contribution in [2.45, 2.75) is 5.16 Å². The second-order valence-electron chi connectivity index (χ2n) is 6.26. The molecule has 4 rings (SSSR count). The van der Waals surface area contributed by atoms with Gasteiger partial charge in [-0.1, -0.05) is 11.8 Å². The molecule has 0 aliphatic rings. The molecule has 0 spiro atoms. The van der Waals surface area contributed by atoms with E-state index in [1.54, 1.807) is 36.4 Å². The van der Waals surface area contributed by atoms with Gasteiger partial charge in [-0.05, 0) is 60.7 Å². The van der Waals surface area contributed by atoms with Gasteiger partial charge >= 0.3 is 0 Å². The monoisotopic (exact) mass is 422 g/mol. The predicted octanol–water partition coefficient (Wildman–Crippen LogP) is 2.76. The molecule has 0 saturated heterocycles. The highest BCUT2D eigenvalue weighted by molar-refractivity contribution is 7.99. The van der Waals surface area contributed by atoms with Crippen LogP contribution in [0.1, 0.15) is 10.4 Å². The van der Waals surface area contributed by atoms with Crippen LogP contribution in [0.5, 0.6) is 0 Å². The first-order valence-corrected chi connectivity index (χ1v) is 9.79. The van der Waals surface area contributed by atoms with Gasteiger partial charge in [0.1, 0.15) is 5.82 Å². The lowest BCUT2D eigenvalue weighted by atomic mass is 10.1. The molecular formula is C20H15FN6O2S. The molecule has 30 heavy (non-hydrogen) atoms. The Labute approximate surface area is 174 Å². The molecule has 2 amide bonds. The fourth-order valence-electron chi connectivity index (χ4n) is 2.68. The minimum Gasteiger partial charge on any atom is -0.366 e. The normalized spacial score (nSPS) is 10.8. The van der Waals surface area contributed by atoms with E-state index in [9.17, 15) is 14.0 Å². The Morgan fingerprint density at radius 1 is 1.00 bits per heavy atom. The van der Waals surface area contributed by atoms with Crippen LogP contribution in [-0.2, 0) is 4.79 Å². The van der Waals surface area contributed by atoms with Crippen molar-refractivity contribution in [3.63, 3.8) is 0 Å². The second-order valence-corrected chi connectivity index (χ2v) is 7.20. The van der Waals surface area contributed by atoms with Crippen LogP contribution >= 0.6 is 11.8 Å². The summed E-state index contributed by atoms with van der Waals surface area (Å²) in [6.45, 7) is 0. The van der Waals surface area contributed by atoms with Gasteiger partial charge in [0.25, 0.3) is 0 Å². The van der Waals surface area contributed by atoms with Crippen molar-refractivity contribution in [2.75, 3.05) is 11.1 Å². The molecule has 2 heterocycles. The number of carbonyl (C=O) groups is 2. The molecule has 2 aromatic heterocycles. The third-order valence-corrected chi connectivity index (χ3v) is 5.08. The smallest absolute Gasteiger partial charge is 0.248 e. The molecule has 0 aliphatic heterocycles. The number of nitrogens with two attached hydrogens (primary N) is 1. The minimum atomic E-state index is -0.533. The maximum Gasteiger partial charge on any atom is 0.248 e. The lowest BCUT2D eigenvalue weighted by Crippen LogP contribution is -2.15. The summed E-state index contributed by atoms with van der Waals surface area (Å²) < 4.78 is 14.7. The summed E-state index contributed by atoms with van der Waals surface area (Å²) in [5, 5.41) is 15.8. The van der Waals surface area contributed by atoms with Crippen LogP contribution in [0.4, 0.5) is 10.1 Å². The maximum atomic E-state index is 13.1. The zero-order chi connectivity index (χ0) is 21.1. The maximum absolute atomic E-state index is 13.1. The van der Waals surface area contributed by atoms with Gasteiger partial charge in [-0.2, -0.15) is 9.61 Å². The number of aromatic nitrogens is 4. The topological polar surface area (TPSA) is 115 Å². The van der Waals surface area contributed by atoms with Crippen LogP contribution in [0.15, 0.2) is 65.8 Å². The largest absolute Gasteiger partial charge is 0.366 e. The first kappa shape index (κ1) is 19.5. The number of halogens is 1. The van der Waals surface area contributed by atoms with Crippen molar-refractivity contribution in [2.24, 2.45) is 5.73 Å². The Balaban J connectivity index is 1.45. The Bertz CT molecular complexity index is 1220. The molecule has 2 aromatic carbocycles.